The largest absolute Gasteiger partial charge is 0.435 e. The fourth-order valence-electron chi connectivity index (χ4n) is 4.86. The van der Waals surface area contributed by atoms with Crippen molar-refractivity contribution in [2.24, 2.45) is 5.73 Å². The molecule has 0 aliphatic carbocycles. The van der Waals surface area contributed by atoms with Gasteiger partial charge in [0.1, 0.15) is 11.9 Å². The number of imidazole rings is 1. The molecule has 2 atom stereocenters. The SMILES string of the molecule is CS(=O)(=O)N1CCN(C(=O)c2nc(C(F)(F)F)c3n2C(C(=O)CC(N)Cc2cc(F)c(F)cc2F)CNC3)CC1. The van der Waals surface area contributed by atoms with Crippen molar-refractivity contribution in [3.8, 4) is 0 Å². The topological polar surface area (TPSA) is 131 Å². The van der Waals surface area contributed by atoms with Gasteiger partial charge in [0.25, 0.3) is 5.91 Å². The number of nitrogens with two attached hydrogens (primary N) is 1. The predicted octanol–water partition coefficient (Wildman–Crippen LogP) is 1.21. The Morgan fingerprint density at radius 1 is 1.10 bits per heavy atom. The van der Waals surface area contributed by atoms with Crippen LogP contribution in [0.5, 0.6) is 0 Å². The molecule has 3 heterocycles. The molecule has 3 N–H and O–H groups in total. The molecule has 0 saturated carbocycles. The molecule has 1 aromatic heterocycles. The van der Waals surface area contributed by atoms with Crippen molar-refractivity contribution in [2.75, 3.05) is 39.0 Å². The van der Waals surface area contributed by atoms with E-state index < -0.39 is 81.1 Å². The summed E-state index contributed by atoms with van der Waals surface area (Å²) >= 11 is 0. The van der Waals surface area contributed by atoms with Crippen LogP contribution in [0.25, 0.3) is 0 Å². The molecule has 4 rings (SSSR count). The summed E-state index contributed by atoms with van der Waals surface area (Å²) in [5.74, 6) is -6.01. The molecule has 10 nitrogen and oxygen atoms in total. The van der Waals surface area contributed by atoms with E-state index in [-0.39, 0.29) is 51.3 Å². The number of nitrogens with one attached hydrogen (secondary N) is 1. The standard InChI is InChI=1S/C23H26F6N6O4S/c1-40(38,39)34-4-2-33(3-5-34)22(37)21-32-20(23(27,28)29)18-11-31-10-17(35(18)21)19(36)8-13(30)6-12-7-15(25)16(26)9-14(12)24/h7,9,13,17,31H,2-6,8,10-11,30H2,1H3. The van der Waals surface area contributed by atoms with E-state index in [1.165, 1.54) is 4.90 Å². The summed E-state index contributed by atoms with van der Waals surface area (Å²) in [5, 5.41) is 2.71. The van der Waals surface area contributed by atoms with E-state index in [1.807, 2.05) is 0 Å². The number of fused-ring (bicyclic) bond motifs is 1. The Balaban J connectivity index is 1.60. The van der Waals surface area contributed by atoms with Crippen molar-refractivity contribution in [2.45, 2.75) is 37.6 Å². The first-order valence-electron chi connectivity index (χ1n) is 12.1. The van der Waals surface area contributed by atoms with E-state index >= 15 is 0 Å². The number of carbonyl (C=O) groups excluding carboxylic acids is 2. The lowest BCUT2D eigenvalue weighted by molar-refractivity contribution is -0.142. The first-order chi connectivity index (χ1) is 18.6. The monoisotopic (exact) mass is 596 g/mol. The Morgan fingerprint density at radius 2 is 1.73 bits per heavy atom. The van der Waals surface area contributed by atoms with Crippen LogP contribution in [0.4, 0.5) is 26.3 Å². The molecule has 2 unspecified atom stereocenters. The van der Waals surface area contributed by atoms with Gasteiger partial charge in [0.15, 0.2) is 23.1 Å². The smallest absolute Gasteiger partial charge is 0.333 e. The Kier molecular flexibility index (Phi) is 8.31. The lowest BCUT2D eigenvalue weighted by Crippen LogP contribution is -2.51. The van der Waals surface area contributed by atoms with Crippen molar-refractivity contribution in [1.82, 2.24) is 24.1 Å². The second kappa shape index (κ2) is 11.1. The van der Waals surface area contributed by atoms with Gasteiger partial charge in [0.05, 0.1) is 11.9 Å². The molecule has 40 heavy (non-hydrogen) atoms. The summed E-state index contributed by atoms with van der Waals surface area (Å²) in [7, 11) is -3.53. The van der Waals surface area contributed by atoms with Gasteiger partial charge in [-0.2, -0.15) is 17.5 Å². The minimum atomic E-state index is -4.95. The van der Waals surface area contributed by atoms with Gasteiger partial charge in [-0.3, -0.25) is 9.59 Å². The predicted molar refractivity (Wildman–Crippen MR) is 128 cm³/mol. The molecule has 0 radical (unpaired) electrons. The highest BCUT2D eigenvalue weighted by molar-refractivity contribution is 7.88. The van der Waals surface area contributed by atoms with Crippen LogP contribution in [0.3, 0.4) is 0 Å². The van der Waals surface area contributed by atoms with Crippen LogP contribution < -0.4 is 11.1 Å². The molecule has 17 heteroatoms. The van der Waals surface area contributed by atoms with Crippen LogP contribution in [0, 0.1) is 17.5 Å². The van der Waals surface area contributed by atoms with Gasteiger partial charge in [0.2, 0.25) is 15.8 Å². The number of halogens is 6. The van der Waals surface area contributed by atoms with Crippen molar-refractivity contribution in [3.05, 3.63) is 52.4 Å². The molecule has 2 aliphatic heterocycles. The summed E-state index contributed by atoms with van der Waals surface area (Å²) in [5.41, 5.74) is 3.91. The van der Waals surface area contributed by atoms with E-state index in [9.17, 15) is 44.3 Å². The average Bonchev–Trinajstić information content (AvgIpc) is 3.27. The van der Waals surface area contributed by atoms with E-state index in [1.54, 1.807) is 0 Å². The van der Waals surface area contributed by atoms with Crippen molar-refractivity contribution < 1.29 is 44.3 Å². The average molecular weight is 597 g/mol. The number of benzene rings is 1. The number of rotatable bonds is 7. The molecule has 1 fully saturated rings. The normalized spacial score (nSPS) is 19.4. The van der Waals surface area contributed by atoms with Gasteiger partial charge in [0, 0.05) is 57.8 Å². The van der Waals surface area contributed by atoms with Crippen LogP contribution >= 0.6 is 0 Å². The summed E-state index contributed by atoms with van der Waals surface area (Å²) in [6, 6.07) is -1.48. The van der Waals surface area contributed by atoms with Crippen LogP contribution in [0.15, 0.2) is 12.1 Å². The molecule has 0 spiro atoms. The van der Waals surface area contributed by atoms with Gasteiger partial charge in [-0.1, -0.05) is 0 Å². The maximum Gasteiger partial charge on any atom is 0.435 e. The second-order valence-corrected chi connectivity index (χ2v) is 11.7. The molecule has 1 amide bonds. The molecule has 0 bridgehead atoms. The summed E-state index contributed by atoms with van der Waals surface area (Å²) < 4.78 is 108. The Morgan fingerprint density at radius 3 is 2.33 bits per heavy atom. The van der Waals surface area contributed by atoms with Gasteiger partial charge in [-0.05, 0) is 18.1 Å². The van der Waals surface area contributed by atoms with Gasteiger partial charge in [-0.15, -0.1) is 0 Å². The number of aromatic nitrogens is 2. The fraction of sp³-hybridized carbons (Fsp3) is 0.522. The number of nitrogens with zero attached hydrogens (tertiary/aromatic N) is 4. The van der Waals surface area contributed by atoms with Gasteiger partial charge < -0.3 is 20.5 Å². The number of ketones is 1. The van der Waals surface area contributed by atoms with Crippen LogP contribution in [-0.2, 0) is 34.0 Å². The molecule has 1 aromatic carbocycles. The first-order valence-corrected chi connectivity index (χ1v) is 14.0. The molecule has 2 aromatic rings. The Labute approximate surface area is 225 Å². The van der Waals surface area contributed by atoms with Crippen LogP contribution in [0.2, 0.25) is 0 Å². The second-order valence-electron chi connectivity index (χ2n) is 9.69. The molecule has 220 valence electrons. The van der Waals surface area contributed by atoms with E-state index in [2.05, 4.69) is 10.3 Å². The zero-order valence-electron chi connectivity index (χ0n) is 21.1. The number of amides is 1. The third-order valence-electron chi connectivity index (χ3n) is 6.81. The summed E-state index contributed by atoms with van der Waals surface area (Å²) in [6.07, 6.45) is -4.79. The molecular formula is C23H26F6N6O4S. The van der Waals surface area contributed by atoms with E-state index in [4.69, 9.17) is 5.73 Å². The number of alkyl halides is 3. The fourth-order valence-corrected chi connectivity index (χ4v) is 5.69. The van der Waals surface area contributed by atoms with Gasteiger partial charge in [-0.25, -0.2) is 26.6 Å². The van der Waals surface area contributed by atoms with E-state index in [0.717, 1.165) is 15.1 Å². The van der Waals surface area contributed by atoms with Gasteiger partial charge >= 0.3 is 6.18 Å². The quantitative estimate of drug-likeness (QED) is 0.363. The van der Waals surface area contributed by atoms with Crippen molar-refractivity contribution in [1.29, 1.82) is 0 Å². The maximum atomic E-state index is 14.0. The number of hydrogen-bond donors (Lipinski definition) is 2. The third-order valence-corrected chi connectivity index (χ3v) is 8.12. The number of Topliss-reactive ketones (excluding diaryl/α,β-unsaturated/α-hetero) is 1. The molecular weight excluding hydrogens is 570 g/mol. The highest BCUT2D eigenvalue weighted by Crippen LogP contribution is 2.35. The summed E-state index contributed by atoms with van der Waals surface area (Å²) in [6.45, 7) is -0.831. The van der Waals surface area contributed by atoms with Crippen LogP contribution in [-0.4, -0.2) is 83.9 Å². The maximum absolute atomic E-state index is 14.0. The van der Waals surface area contributed by atoms with Crippen molar-refractivity contribution in [3.63, 3.8) is 0 Å². The Bertz CT molecular complexity index is 1420. The van der Waals surface area contributed by atoms with E-state index in [0.29, 0.717) is 12.1 Å². The Hall–Kier alpha value is -3.02. The zero-order valence-corrected chi connectivity index (χ0v) is 22.0. The number of sulfonamides is 1. The first kappa shape index (κ1) is 30.0. The van der Waals surface area contributed by atoms with Crippen LogP contribution in [0.1, 0.15) is 40.0 Å². The number of piperazine rings is 1. The number of hydrogen-bond acceptors (Lipinski definition) is 7. The lowest BCUT2D eigenvalue weighted by atomic mass is 9.97. The lowest BCUT2D eigenvalue weighted by Gasteiger charge is -2.34. The minimum Gasteiger partial charge on any atom is -0.333 e. The molecule has 2 aliphatic rings. The zero-order chi connectivity index (χ0) is 29.6. The highest BCUT2D eigenvalue weighted by Gasteiger charge is 2.44. The number of carbonyl (C=O) groups is 2. The van der Waals surface area contributed by atoms with Crippen molar-refractivity contribution >= 4 is 21.7 Å². The summed E-state index contributed by atoms with van der Waals surface area (Å²) in [4.78, 5) is 31.3. The third kappa shape index (κ3) is 6.16. The highest BCUT2D eigenvalue weighted by atomic mass is 32.2. The minimum absolute atomic E-state index is 0.0659. The molecule has 1 saturated heterocycles.